The number of hydrogen-bond donors (Lipinski definition) is 0. The summed E-state index contributed by atoms with van der Waals surface area (Å²) in [5.74, 6) is 1.60. The van der Waals surface area contributed by atoms with E-state index in [0.717, 1.165) is 36.5 Å². The lowest BCUT2D eigenvalue weighted by molar-refractivity contribution is 0.400. The van der Waals surface area contributed by atoms with Gasteiger partial charge in [0.2, 0.25) is 0 Å². The quantitative estimate of drug-likeness (QED) is 0.809. The Morgan fingerprint density at radius 3 is 2.25 bits per heavy atom. The van der Waals surface area contributed by atoms with Gasteiger partial charge < -0.3 is 9.64 Å². The van der Waals surface area contributed by atoms with Crippen LogP contribution < -0.4 is 4.74 Å². The monoisotopic (exact) mass is 271 g/mol. The summed E-state index contributed by atoms with van der Waals surface area (Å²) in [6, 6.07) is 7.78. The predicted molar refractivity (Wildman–Crippen MR) is 80.9 cm³/mol. The zero-order valence-electron chi connectivity index (χ0n) is 12.3. The van der Waals surface area contributed by atoms with Crippen LogP contribution in [0.4, 0.5) is 0 Å². The number of benzene rings is 1. The first-order valence-electron chi connectivity index (χ1n) is 6.79. The normalized spacial score (nSPS) is 10.8. The number of ether oxygens (including phenoxy) is 1. The van der Waals surface area contributed by atoms with E-state index >= 15 is 0 Å². The summed E-state index contributed by atoms with van der Waals surface area (Å²) >= 11 is 0. The van der Waals surface area contributed by atoms with E-state index in [9.17, 15) is 0 Å². The molecule has 2 rings (SSSR count). The van der Waals surface area contributed by atoms with Crippen LogP contribution in [0.2, 0.25) is 0 Å². The molecule has 0 N–H and O–H groups in total. The lowest BCUT2D eigenvalue weighted by Gasteiger charge is -2.08. The van der Waals surface area contributed by atoms with Crippen LogP contribution in [-0.4, -0.2) is 42.6 Å². The Kier molecular flexibility index (Phi) is 5.07. The molecule has 0 saturated heterocycles. The summed E-state index contributed by atoms with van der Waals surface area (Å²) in [7, 11) is 5.83. The fourth-order valence-electron chi connectivity index (χ4n) is 1.97. The van der Waals surface area contributed by atoms with Gasteiger partial charge in [-0.05, 0) is 63.3 Å². The van der Waals surface area contributed by atoms with Gasteiger partial charge in [-0.1, -0.05) is 0 Å². The van der Waals surface area contributed by atoms with Gasteiger partial charge in [0.15, 0.2) is 5.82 Å². The molecule has 20 heavy (non-hydrogen) atoms. The third-order valence-electron chi connectivity index (χ3n) is 3.12. The first-order valence-corrected chi connectivity index (χ1v) is 6.79. The molecule has 0 aliphatic heterocycles. The summed E-state index contributed by atoms with van der Waals surface area (Å²) in [6.45, 7) is 1.08. The molecule has 1 aromatic carbocycles. The molecule has 0 spiro atoms. The number of rotatable bonds is 6. The van der Waals surface area contributed by atoms with Crippen molar-refractivity contribution in [3.05, 3.63) is 42.2 Å². The summed E-state index contributed by atoms with van der Waals surface area (Å²) in [6.07, 6.45) is 5.98. The van der Waals surface area contributed by atoms with E-state index in [-0.39, 0.29) is 0 Å². The average molecular weight is 271 g/mol. The summed E-state index contributed by atoms with van der Waals surface area (Å²) in [5, 5.41) is 0. The van der Waals surface area contributed by atoms with Gasteiger partial charge in [-0.3, -0.25) is 0 Å². The van der Waals surface area contributed by atoms with Crippen LogP contribution in [0, 0.1) is 0 Å². The summed E-state index contributed by atoms with van der Waals surface area (Å²) in [4.78, 5) is 11.1. The second-order valence-corrected chi connectivity index (χ2v) is 5.05. The number of methoxy groups -OCH3 is 1. The van der Waals surface area contributed by atoms with Gasteiger partial charge in [0.05, 0.1) is 7.11 Å². The van der Waals surface area contributed by atoms with Gasteiger partial charge in [0, 0.05) is 18.0 Å². The van der Waals surface area contributed by atoms with Crippen LogP contribution in [0.25, 0.3) is 11.4 Å². The largest absolute Gasteiger partial charge is 0.497 e. The Bertz CT molecular complexity index is 520. The first-order chi connectivity index (χ1) is 9.69. The third kappa shape index (κ3) is 4.03. The Morgan fingerprint density at radius 2 is 1.70 bits per heavy atom. The Morgan fingerprint density at radius 1 is 1.05 bits per heavy atom. The molecule has 0 unspecified atom stereocenters. The Labute approximate surface area is 120 Å². The van der Waals surface area contributed by atoms with Crippen molar-refractivity contribution < 1.29 is 4.74 Å². The highest BCUT2D eigenvalue weighted by Crippen LogP contribution is 2.18. The van der Waals surface area contributed by atoms with Gasteiger partial charge in [-0.2, -0.15) is 0 Å². The van der Waals surface area contributed by atoms with Crippen molar-refractivity contribution in [2.75, 3.05) is 27.7 Å². The third-order valence-corrected chi connectivity index (χ3v) is 3.12. The molecule has 4 nitrogen and oxygen atoms in total. The summed E-state index contributed by atoms with van der Waals surface area (Å²) < 4.78 is 5.14. The first kappa shape index (κ1) is 14.5. The number of nitrogens with zero attached hydrogens (tertiary/aromatic N) is 3. The summed E-state index contributed by atoms with van der Waals surface area (Å²) in [5.41, 5.74) is 2.19. The maximum absolute atomic E-state index is 5.14. The van der Waals surface area contributed by atoms with Crippen molar-refractivity contribution in [1.82, 2.24) is 14.9 Å². The molecule has 1 heterocycles. The maximum Gasteiger partial charge on any atom is 0.159 e. The standard InChI is InChI=1S/C16H21N3O/c1-19(2)10-4-5-13-11-17-16(18-12-13)14-6-8-15(20-3)9-7-14/h6-9,11-12H,4-5,10H2,1-3H3. The lowest BCUT2D eigenvalue weighted by atomic mass is 10.1. The van der Waals surface area contributed by atoms with Gasteiger partial charge in [-0.15, -0.1) is 0 Å². The fourth-order valence-corrected chi connectivity index (χ4v) is 1.97. The minimum Gasteiger partial charge on any atom is -0.497 e. The van der Waals surface area contributed by atoms with Crippen molar-refractivity contribution in [2.24, 2.45) is 0 Å². The van der Waals surface area contributed by atoms with E-state index in [2.05, 4.69) is 29.0 Å². The molecule has 2 aromatic rings. The highest BCUT2D eigenvalue weighted by atomic mass is 16.5. The van der Waals surface area contributed by atoms with Gasteiger partial charge in [0.1, 0.15) is 5.75 Å². The fraction of sp³-hybridized carbons (Fsp3) is 0.375. The Hall–Kier alpha value is -1.94. The molecule has 0 bridgehead atoms. The topological polar surface area (TPSA) is 38.2 Å². The van der Waals surface area contributed by atoms with E-state index < -0.39 is 0 Å². The Balaban J connectivity index is 1.99. The van der Waals surface area contributed by atoms with E-state index in [1.807, 2.05) is 36.7 Å². The van der Waals surface area contributed by atoms with Crippen LogP contribution in [0.15, 0.2) is 36.7 Å². The second-order valence-electron chi connectivity index (χ2n) is 5.05. The minimum absolute atomic E-state index is 0.754. The van der Waals surface area contributed by atoms with Gasteiger partial charge in [-0.25, -0.2) is 9.97 Å². The molecule has 0 amide bonds. The van der Waals surface area contributed by atoms with Crippen LogP contribution in [0.1, 0.15) is 12.0 Å². The molecule has 4 heteroatoms. The predicted octanol–water partition coefficient (Wildman–Crippen LogP) is 2.65. The van der Waals surface area contributed by atoms with Crippen LogP contribution in [0.3, 0.4) is 0 Å². The van der Waals surface area contributed by atoms with E-state index in [4.69, 9.17) is 4.74 Å². The van der Waals surface area contributed by atoms with E-state index in [0.29, 0.717) is 0 Å². The van der Waals surface area contributed by atoms with Gasteiger partial charge >= 0.3 is 0 Å². The van der Waals surface area contributed by atoms with Crippen LogP contribution in [0.5, 0.6) is 5.75 Å². The molecular formula is C16H21N3O. The lowest BCUT2D eigenvalue weighted by Crippen LogP contribution is -2.13. The van der Waals surface area contributed by atoms with Crippen LogP contribution in [-0.2, 0) is 6.42 Å². The van der Waals surface area contributed by atoms with Crippen molar-refractivity contribution in [3.8, 4) is 17.1 Å². The molecule has 0 saturated carbocycles. The van der Waals surface area contributed by atoms with Crippen LogP contribution >= 0.6 is 0 Å². The van der Waals surface area contributed by atoms with E-state index in [1.165, 1.54) is 5.56 Å². The van der Waals surface area contributed by atoms with Crippen molar-refractivity contribution in [3.63, 3.8) is 0 Å². The van der Waals surface area contributed by atoms with Gasteiger partial charge in [0.25, 0.3) is 0 Å². The SMILES string of the molecule is COc1ccc(-c2ncc(CCCN(C)C)cn2)cc1. The molecule has 0 radical (unpaired) electrons. The second kappa shape index (κ2) is 7.01. The zero-order chi connectivity index (χ0) is 14.4. The molecular weight excluding hydrogens is 250 g/mol. The highest BCUT2D eigenvalue weighted by molar-refractivity contribution is 5.55. The molecule has 0 aliphatic carbocycles. The molecule has 0 aliphatic rings. The van der Waals surface area contributed by atoms with E-state index in [1.54, 1.807) is 7.11 Å². The number of aromatic nitrogens is 2. The van der Waals surface area contributed by atoms with Crippen molar-refractivity contribution in [1.29, 1.82) is 0 Å². The molecule has 1 aromatic heterocycles. The smallest absolute Gasteiger partial charge is 0.159 e. The van der Waals surface area contributed by atoms with Crippen molar-refractivity contribution in [2.45, 2.75) is 12.8 Å². The highest BCUT2D eigenvalue weighted by Gasteiger charge is 2.02. The maximum atomic E-state index is 5.14. The van der Waals surface area contributed by atoms with Crippen molar-refractivity contribution >= 4 is 0 Å². The number of aryl methyl sites for hydroxylation is 1. The molecule has 0 fully saturated rings. The zero-order valence-corrected chi connectivity index (χ0v) is 12.3. The number of hydrogen-bond acceptors (Lipinski definition) is 4. The minimum atomic E-state index is 0.754. The molecule has 106 valence electrons. The molecule has 0 atom stereocenters. The average Bonchev–Trinajstić information content (AvgIpc) is 2.48.